The Morgan fingerprint density at radius 2 is 1.49 bits per heavy atom. The smallest absolute Gasteiger partial charge is 0.338 e. The van der Waals surface area contributed by atoms with Crippen LogP contribution in [0.5, 0.6) is 0 Å². The van der Waals surface area contributed by atoms with Crippen molar-refractivity contribution >= 4 is 17.5 Å². The van der Waals surface area contributed by atoms with Gasteiger partial charge in [-0.05, 0) is 56.5 Å². The lowest BCUT2D eigenvalue weighted by Gasteiger charge is -2.45. The van der Waals surface area contributed by atoms with E-state index < -0.39 is 40.5 Å². The number of carbonyl (C=O) groups is 2. The highest BCUT2D eigenvalue weighted by Gasteiger charge is 2.57. The number of piperazine rings is 1. The molecular formula is C30H35F6N5O2. The van der Waals surface area contributed by atoms with Gasteiger partial charge in [0, 0.05) is 63.6 Å². The molecule has 3 saturated heterocycles. The zero-order valence-electron chi connectivity index (χ0n) is 24.1. The third kappa shape index (κ3) is 6.06. The van der Waals surface area contributed by atoms with Gasteiger partial charge in [0.1, 0.15) is 11.7 Å². The summed E-state index contributed by atoms with van der Waals surface area (Å²) in [5.41, 5.74) is -2.92. The highest BCUT2D eigenvalue weighted by Crippen LogP contribution is 2.44. The number of halogens is 6. The van der Waals surface area contributed by atoms with Crippen LogP contribution >= 0.6 is 0 Å². The topological polar surface area (TPSA) is 59.1 Å². The maximum Gasteiger partial charge on any atom is 0.416 e. The molecule has 1 spiro atoms. The number of piperidine rings is 1. The molecular weight excluding hydrogens is 576 g/mol. The van der Waals surface area contributed by atoms with E-state index in [1.807, 2.05) is 43.0 Å². The van der Waals surface area contributed by atoms with E-state index in [-0.39, 0.29) is 44.1 Å². The van der Waals surface area contributed by atoms with Crippen LogP contribution in [0.25, 0.3) is 0 Å². The van der Waals surface area contributed by atoms with Gasteiger partial charge in [0.15, 0.2) is 0 Å². The third-order valence-corrected chi connectivity index (χ3v) is 8.90. The number of benzene rings is 2. The SMILES string of the molecule is Cc1ccccc1N1C(C)N(CCN2CCNCC2)C(=O)C12CCN(C(=O)c1cc(C(F)(F)F)cc(C(F)(F)F)c1)CC2. The molecule has 2 aromatic rings. The van der Waals surface area contributed by atoms with Gasteiger partial charge in [-0.1, -0.05) is 18.2 Å². The summed E-state index contributed by atoms with van der Waals surface area (Å²) in [6.07, 6.45) is -10.0. The molecule has 2 amide bonds. The van der Waals surface area contributed by atoms with E-state index in [9.17, 15) is 35.9 Å². The molecule has 3 aliphatic rings. The number of nitrogens with one attached hydrogen (secondary N) is 1. The number of amides is 2. The van der Waals surface area contributed by atoms with Crippen LogP contribution in [0.3, 0.4) is 0 Å². The largest absolute Gasteiger partial charge is 0.416 e. The summed E-state index contributed by atoms with van der Waals surface area (Å²) in [5.74, 6) is -1.01. The predicted molar refractivity (Wildman–Crippen MR) is 148 cm³/mol. The molecule has 7 nitrogen and oxygen atoms in total. The van der Waals surface area contributed by atoms with E-state index in [1.54, 1.807) is 0 Å². The van der Waals surface area contributed by atoms with E-state index >= 15 is 0 Å². The number of rotatable bonds is 5. The second-order valence-corrected chi connectivity index (χ2v) is 11.5. The van der Waals surface area contributed by atoms with Gasteiger partial charge in [-0.2, -0.15) is 26.3 Å². The number of hydrogen-bond acceptors (Lipinski definition) is 5. The molecule has 43 heavy (non-hydrogen) atoms. The number of nitrogens with zero attached hydrogens (tertiary/aromatic N) is 4. The van der Waals surface area contributed by atoms with Crippen LogP contribution in [-0.4, -0.2) is 90.6 Å². The number of para-hydroxylation sites is 1. The molecule has 13 heteroatoms. The van der Waals surface area contributed by atoms with E-state index in [0.29, 0.717) is 25.2 Å². The molecule has 1 N–H and O–H groups in total. The van der Waals surface area contributed by atoms with Crippen LogP contribution in [0.15, 0.2) is 42.5 Å². The van der Waals surface area contributed by atoms with Crippen molar-refractivity contribution in [2.45, 2.75) is 50.7 Å². The van der Waals surface area contributed by atoms with Crippen LogP contribution in [0, 0.1) is 6.92 Å². The number of aryl methyl sites for hydroxylation is 1. The van der Waals surface area contributed by atoms with Crippen molar-refractivity contribution in [1.29, 1.82) is 0 Å². The van der Waals surface area contributed by atoms with Crippen molar-refractivity contribution in [3.8, 4) is 0 Å². The first kappa shape index (κ1) is 31.1. The second-order valence-electron chi connectivity index (χ2n) is 11.5. The van der Waals surface area contributed by atoms with E-state index in [2.05, 4.69) is 15.1 Å². The average molecular weight is 612 g/mol. The minimum absolute atomic E-state index is 0.00288. The van der Waals surface area contributed by atoms with Gasteiger partial charge in [-0.3, -0.25) is 14.5 Å². The molecule has 234 valence electrons. The highest BCUT2D eigenvalue weighted by atomic mass is 19.4. The van der Waals surface area contributed by atoms with Gasteiger partial charge < -0.3 is 20.0 Å². The van der Waals surface area contributed by atoms with Gasteiger partial charge in [0.2, 0.25) is 5.91 Å². The number of hydrogen-bond donors (Lipinski definition) is 1. The Bertz CT molecular complexity index is 1320. The fourth-order valence-corrected chi connectivity index (χ4v) is 6.57. The molecule has 0 aromatic heterocycles. The zero-order valence-corrected chi connectivity index (χ0v) is 24.1. The third-order valence-electron chi connectivity index (χ3n) is 8.90. The lowest BCUT2D eigenvalue weighted by molar-refractivity contribution is -0.143. The first-order valence-electron chi connectivity index (χ1n) is 14.4. The minimum Gasteiger partial charge on any atom is -0.338 e. The van der Waals surface area contributed by atoms with Crippen molar-refractivity contribution in [3.63, 3.8) is 0 Å². The van der Waals surface area contributed by atoms with Gasteiger partial charge in [-0.25, -0.2) is 0 Å². The summed E-state index contributed by atoms with van der Waals surface area (Å²) in [6.45, 7) is 8.66. The summed E-state index contributed by atoms with van der Waals surface area (Å²) in [4.78, 5) is 35.0. The Balaban J connectivity index is 1.41. The Morgan fingerprint density at radius 3 is 2.05 bits per heavy atom. The van der Waals surface area contributed by atoms with E-state index in [1.165, 1.54) is 4.90 Å². The molecule has 5 rings (SSSR count). The van der Waals surface area contributed by atoms with Crippen LogP contribution in [0.1, 0.15) is 46.8 Å². The molecule has 1 atom stereocenters. The van der Waals surface area contributed by atoms with Crippen molar-refractivity contribution in [2.75, 3.05) is 57.3 Å². The highest BCUT2D eigenvalue weighted by molar-refractivity contribution is 5.97. The molecule has 3 heterocycles. The van der Waals surface area contributed by atoms with Crippen LogP contribution in [0.2, 0.25) is 0 Å². The van der Waals surface area contributed by atoms with E-state index in [4.69, 9.17) is 0 Å². The lowest BCUT2D eigenvalue weighted by atomic mass is 9.84. The van der Waals surface area contributed by atoms with E-state index in [0.717, 1.165) is 37.4 Å². The maximum absolute atomic E-state index is 14.2. The van der Waals surface area contributed by atoms with Crippen LogP contribution in [-0.2, 0) is 17.1 Å². The summed E-state index contributed by atoms with van der Waals surface area (Å²) in [6, 6.07) is 8.62. The minimum atomic E-state index is -5.06. The Hall–Kier alpha value is -3.32. The lowest BCUT2D eigenvalue weighted by Crippen LogP contribution is -2.58. The molecule has 3 fully saturated rings. The summed E-state index contributed by atoms with van der Waals surface area (Å²) >= 11 is 0. The average Bonchev–Trinajstić information content (AvgIpc) is 3.16. The van der Waals surface area contributed by atoms with Gasteiger partial charge >= 0.3 is 12.4 Å². The summed E-state index contributed by atoms with van der Waals surface area (Å²) in [5, 5.41) is 3.31. The number of likely N-dealkylation sites (tertiary alicyclic amines) is 1. The zero-order chi connectivity index (χ0) is 31.2. The molecule has 2 aromatic carbocycles. The quantitative estimate of drug-likeness (QED) is 0.501. The molecule has 0 bridgehead atoms. The van der Waals surface area contributed by atoms with Gasteiger partial charge in [0.05, 0.1) is 11.1 Å². The fourth-order valence-electron chi connectivity index (χ4n) is 6.57. The van der Waals surface area contributed by atoms with Gasteiger partial charge in [-0.15, -0.1) is 0 Å². The first-order chi connectivity index (χ1) is 20.2. The first-order valence-corrected chi connectivity index (χ1v) is 14.4. The number of carbonyl (C=O) groups excluding carboxylic acids is 2. The van der Waals surface area contributed by atoms with Crippen LogP contribution < -0.4 is 10.2 Å². The van der Waals surface area contributed by atoms with Crippen molar-refractivity contribution in [3.05, 3.63) is 64.7 Å². The second kappa shape index (κ2) is 11.6. The number of anilines is 1. The standard InChI is InChI=1S/C30H35F6N5O2/c1-20-5-3-4-6-25(20)41-21(2)40(16-15-38-13-9-37-10-14-38)27(43)28(41)7-11-39(12-8-28)26(42)22-17-23(29(31,32)33)19-24(18-22)30(34,35)36/h3-6,17-19,21,37H,7-16H2,1-2H3. The van der Waals surface area contributed by atoms with Crippen molar-refractivity contribution in [1.82, 2.24) is 20.0 Å². The van der Waals surface area contributed by atoms with Crippen molar-refractivity contribution < 1.29 is 35.9 Å². The predicted octanol–water partition coefficient (Wildman–Crippen LogP) is 4.61. The number of alkyl halides is 6. The maximum atomic E-state index is 14.2. The summed E-state index contributed by atoms with van der Waals surface area (Å²) in [7, 11) is 0. The molecule has 0 aliphatic carbocycles. The molecule has 0 saturated carbocycles. The van der Waals surface area contributed by atoms with Gasteiger partial charge in [0.25, 0.3) is 5.91 Å². The van der Waals surface area contributed by atoms with Crippen molar-refractivity contribution in [2.24, 2.45) is 0 Å². The molecule has 0 radical (unpaired) electrons. The Morgan fingerprint density at radius 1 is 0.907 bits per heavy atom. The molecule has 3 aliphatic heterocycles. The Kier molecular flexibility index (Phi) is 8.42. The fraction of sp³-hybridized carbons (Fsp3) is 0.533. The molecule has 1 unspecified atom stereocenters. The normalized spacial score (nSPS) is 21.6. The summed E-state index contributed by atoms with van der Waals surface area (Å²) < 4.78 is 80.6. The Labute approximate surface area is 246 Å². The monoisotopic (exact) mass is 611 g/mol. The van der Waals surface area contributed by atoms with Crippen LogP contribution in [0.4, 0.5) is 32.0 Å².